The van der Waals surface area contributed by atoms with Crippen molar-refractivity contribution in [1.82, 2.24) is 20.0 Å². The molecule has 3 rings (SSSR count). The normalized spacial score (nSPS) is 11.0. The van der Waals surface area contributed by atoms with E-state index in [0.717, 1.165) is 17.0 Å². The largest absolute Gasteiger partial charge is 0.444 e. The van der Waals surface area contributed by atoms with Crippen LogP contribution in [0.3, 0.4) is 0 Å². The number of aromatic nitrogens is 4. The van der Waals surface area contributed by atoms with E-state index in [9.17, 15) is 0 Å². The number of aliphatic hydroxyl groups excluding tert-OH is 1. The van der Waals surface area contributed by atoms with Crippen LogP contribution in [0.15, 0.2) is 41.1 Å². The van der Waals surface area contributed by atoms with Gasteiger partial charge in [-0.2, -0.15) is 0 Å². The highest BCUT2D eigenvalue weighted by Crippen LogP contribution is 2.19. The maximum atomic E-state index is 8.86. The lowest BCUT2D eigenvalue weighted by atomic mass is 10.1. The van der Waals surface area contributed by atoms with E-state index in [-0.39, 0.29) is 6.61 Å². The summed E-state index contributed by atoms with van der Waals surface area (Å²) in [4.78, 5) is 4.46. The minimum Gasteiger partial charge on any atom is -0.444 e. The second-order valence-electron chi connectivity index (χ2n) is 4.89. The van der Waals surface area contributed by atoms with Gasteiger partial charge in [0, 0.05) is 24.8 Å². The lowest BCUT2D eigenvalue weighted by Gasteiger charge is -1.96. The van der Waals surface area contributed by atoms with Crippen LogP contribution in [-0.4, -0.2) is 31.7 Å². The Hall–Kier alpha value is -2.47. The van der Waals surface area contributed by atoms with Crippen LogP contribution in [0, 0.1) is 6.92 Å². The fourth-order valence-corrected chi connectivity index (χ4v) is 2.02. The summed E-state index contributed by atoms with van der Waals surface area (Å²) in [6.07, 6.45) is 3.94. The van der Waals surface area contributed by atoms with Gasteiger partial charge in [-0.25, -0.2) is 9.67 Å². The quantitative estimate of drug-likeness (QED) is 0.773. The Kier molecular flexibility index (Phi) is 3.79. The van der Waals surface area contributed by atoms with E-state index < -0.39 is 0 Å². The van der Waals surface area contributed by atoms with Crippen LogP contribution in [0.5, 0.6) is 0 Å². The van der Waals surface area contributed by atoms with Crippen molar-refractivity contribution in [3.8, 4) is 11.5 Å². The third-order valence-electron chi connectivity index (χ3n) is 3.13. The number of benzene rings is 1. The van der Waals surface area contributed by atoms with Crippen LogP contribution in [0.25, 0.3) is 11.5 Å². The van der Waals surface area contributed by atoms with E-state index in [1.54, 1.807) is 17.1 Å². The van der Waals surface area contributed by atoms with Crippen molar-refractivity contribution in [2.45, 2.75) is 19.9 Å². The molecule has 0 aliphatic carbocycles. The van der Waals surface area contributed by atoms with Gasteiger partial charge >= 0.3 is 0 Å². The van der Waals surface area contributed by atoms with Crippen LogP contribution in [0.4, 0.5) is 0 Å². The smallest absolute Gasteiger partial charge is 0.226 e. The summed E-state index contributed by atoms with van der Waals surface area (Å²) in [5.41, 5.74) is 3.70. The Morgan fingerprint density at radius 1 is 1.19 bits per heavy atom. The van der Waals surface area contributed by atoms with Crippen molar-refractivity contribution in [2.24, 2.45) is 0 Å². The molecule has 6 nitrogen and oxygen atoms in total. The number of hydrogen-bond acceptors (Lipinski definition) is 5. The van der Waals surface area contributed by atoms with Crippen molar-refractivity contribution >= 4 is 0 Å². The molecular formula is C15H16N4O2. The molecule has 0 unspecified atom stereocenters. The minimum absolute atomic E-state index is 0.0697. The number of aliphatic hydroxyl groups is 1. The number of hydrogen-bond donors (Lipinski definition) is 1. The summed E-state index contributed by atoms with van der Waals surface area (Å²) in [6, 6.07) is 8.02. The molecule has 0 bridgehead atoms. The zero-order valence-corrected chi connectivity index (χ0v) is 11.7. The van der Waals surface area contributed by atoms with Crippen molar-refractivity contribution in [3.05, 3.63) is 53.7 Å². The molecule has 0 saturated carbocycles. The van der Waals surface area contributed by atoms with E-state index in [4.69, 9.17) is 9.52 Å². The van der Waals surface area contributed by atoms with Gasteiger partial charge < -0.3 is 9.52 Å². The molecule has 108 valence electrons. The van der Waals surface area contributed by atoms with Crippen LogP contribution in [-0.2, 0) is 13.0 Å². The Labute approximate surface area is 122 Å². The van der Waals surface area contributed by atoms with Crippen LogP contribution >= 0.6 is 0 Å². The van der Waals surface area contributed by atoms with Gasteiger partial charge in [-0.3, -0.25) is 0 Å². The fraction of sp³-hybridized carbons (Fsp3) is 0.267. The van der Waals surface area contributed by atoms with Gasteiger partial charge in [0.15, 0.2) is 0 Å². The van der Waals surface area contributed by atoms with Crippen molar-refractivity contribution in [3.63, 3.8) is 0 Å². The molecule has 2 heterocycles. The van der Waals surface area contributed by atoms with Crippen molar-refractivity contribution < 1.29 is 9.52 Å². The first kappa shape index (κ1) is 13.5. The summed E-state index contributed by atoms with van der Waals surface area (Å²) in [7, 11) is 0. The Balaban J connectivity index is 1.73. The molecule has 1 N–H and O–H groups in total. The number of rotatable bonds is 5. The third-order valence-corrected chi connectivity index (χ3v) is 3.13. The molecule has 0 atom stereocenters. The highest BCUT2D eigenvalue weighted by atomic mass is 16.3. The first-order chi connectivity index (χ1) is 10.2. The van der Waals surface area contributed by atoms with Gasteiger partial charge in [-0.15, -0.1) is 5.10 Å². The van der Waals surface area contributed by atoms with Gasteiger partial charge in [0.05, 0.1) is 12.2 Å². The molecule has 0 amide bonds. The molecule has 0 aliphatic heterocycles. The summed E-state index contributed by atoms with van der Waals surface area (Å²) >= 11 is 0. The highest BCUT2D eigenvalue weighted by molar-refractivity contribution is 5.53. The zero-order chi connectivity index (χ0) is 14.7. The maximum Gasteiger partial charge on any atom is 0.226 e. The van der Waals surface area contributed by atoms with Crippen LogP contribution < -0.4 is 0 Å². The average molecular weight is 284 g/mol. The van der Waals surface area contributed by atoms with E-state index in [1.807, 2.05) is 31.2 Å². The number of nitrogens with zero attached hydrogens (tertiary/aromatic N) is 4. The van der Waals surface area contributed by atoms with Crippen LogP contribution in [0.2, 0.25) is 0 Å². The first-order valence-corrected chi connectivity index (χ1v) is 6.76. The Morgan fingerprint density at radius 2 is 2.00 bits per heavy atom. The van der Waals surface area contributed by atoms with Gasteiger partial charge in [-0.1, -0.05) is 22.9 Å². The van der Waals surface area contributed by atoms with Gasteiger partial charge in [0.1, 0.15) is 12.0 Å². The topological polar surface area (TPSA) is 77.0 Å². The van der Waals surface area contributed by atoms with E-state index in [1.165, 1.54) is 5.56 Å². The highest BCUT2D eigenvalue weighted by Gasteiger charge is 2.08. The van der Waals surface area contributed by atoms with E-state index >= 15 is 0 Å². The lowest BCUT2D eigenvalue weighted by molar-refractivity contribution is 0.298. The van der Waals surface area contributed by atoms with Crippen molar-refractivity contribution in [1.29, 1.82) is 0 Å². The molecule has 3 aromatic rings. The molecule has 0 radical (unpaired) electrons. The summed E-state index contributed by atoms with van der Waals surface area (Å²) in [5, 5.41) is 16.8. The molecule has 1 aromatic carbocycles. The van der Waals surface area contributed by atoms with Gasteiger partial charge in [-0.05, 0) is 19.1 Å². The second-order valence-corrected chi connectivity index (χ2v) is 4.89. The van der Waals surface area contributed by atoms with E-state index in [0.29, 0.717) is 18.9 Å². The van der Waals surface area contributed by atoms with E-state index in [2.05, 4.69) is 15.3 Å². The van der Waals surface area contributed by atoms with Gasteiger partial charge in [0.2, 0.25) is 5.89 Å². The maximum absolute atomic E-state index is 8.86. The second kappa shape index (κ2) is 5.88. The monoisotopic (exact) mass is 284 g/mol. The third kappa shape index (κ3) is 3.17. The number of aryl methyl sites for hydroxylation is 1. The Bertz CT molecular complexity index is 715. The summed E-state index contributed by atoms with van der Waals surface area (Å²) < 4.78 is 7.19. The van der Waals surface area contributed by atoms with Crippen molar-refractivity contribution in [2.75, 3.05) is 6.61 Å². The first-order valence-electron chi connectivity index (χ1n) is 6.76. The number of oxazole rings is 1. The molecule has 2 aromatic heterocycles. The Morgan fingerprint density at radius 3 is 2.76 bits per heavy atom. The molecule has 6 heteroatoms. The molecule has 0 saturated heterocycles. The molecule has 0 spiro atoms. The summed E-state index contributed by atoms with van der Waals surface area (Å²) in [5.74, 6) is 0.598. The molecule has 0 fully saturated rings. The summed E-state index contributed by atoms with van der Waals surface area (Å²) in [6.45, 7) is 2.60. The molecular weight excluding hydrogens is 268 g/mol. The molecule has 0 aliphatic rings. The fourth-order valence-electron chi connectivity index (χ4n) is 2.02. The lowest BCUT2D eigenvalue weighted by Crippen LogP contribution is -2.00. The SMILES string of the molecule is Cc1ccc(-c2nc(Cn3cc(CCO)nn3)co2)cc1. The standard InChI is InChI=1S/C15H16N4O2/c1-11-2-4-12(5-3-11)15-16-14(10-21-15)9-19-8-13(6-7-20)17-18-19/h2-5,8,10,20H,6-7,9H2,1H3. The van der Waals surface area contributed by atoms with Gasteiger partial charge in [0.25, 0.3) is 0 Å². The predicted molar refractivity (Wildman–Crippen MR) is 76.6 cm³/mol. The minimum atomic E-state index is 0.0697. The van der Waals surface area contributed by atoms with Crippen LogP contribution in [0.1, 0.15) is 17.0 Å². The zero-order valence-electron chi connectivity index (χ0n) is 11.7. The average Bonchev–Trinajstić information content (AvgIpc) is 3.11. The predicted octanol–water partition coefficient (Wildman–Crippen LogP) is 1.82. The molecule has 21 heavy (non-hydrogen) atoms.